The second-order valence-electron chi connectivity index (χ2n) is 19.0. The summed E-state index contributed by atoms with van der Waals surface area (Å²) >= 11 is 0. The highest BCUT2D eigenvalue weighted by Crippen LogP contribution is 2.13. The summed E-state index contributed by atoms with van der Waals surface area (Å²) in [5, 5.41) is 46.7. The Morgan fingerprint density at radius 2 is 1.17 bits per heavy atom. The smallest absolute Gasteiger partial charge is 0.251 e. The van der Waals surface area contributed by atoms with E-state index in [-0.39, 0.29) is 83.4 Å². The predicted molar refractivity (Wildman–Crippen MR) is 280 cm³/mol. The maximum Gasteiger partial charge on any atom is 0.251 e. The number of aliphatic hydroxyl groups is 2. The van der Waals surface area contributed by atoms with Crippen LogP contribution in [0.3, 0.4) is 0 Å². The molecule has 0 saturated heterocycles. The molecule has 0 saturated carbocycles. The highest BCUT2D eigenvalue weighted by molar-refractivity contribution is 5.99. The van der Waals surface area contributed by atoms with E-state index < -0.39 is 133 Å². The summed E-state index contributed by atoms with van der Waals surface area (Å²) in [4.78, 5) is 136. The fraction of sp³-hybridized carbons (Fsp3) is 0.673. The Morgan fingerprint density at radius 1 is 0.618 bits per heavy atom. The van der Waals surface area contributed by atoms with Gasteiger partial charge in [-0.15, -0.1) is 0 Å². The van der Waals surface area contributed by atoms with Gasteiger partial charge < -0.3 is 92.0 Å². The largest absolute Gasteiger partial charge is 0.391 e. The number of nitrogens with two attached hydrogens (primary N) is 5. The van der Waals surface area contributed by atoms with Crippen LogP contribution in [-0.4, -0.2) is 169 Å². The Balaban J connectivity index is 2.48. The zero-order valence-electron chi connectivity index (χ0n) is 44.3. The van der Waals surface area contributed by atoms with Crippen LogP contribution in [0.4, 0.5) is 0 Å². The van der Waals surface area contributed by atoms with Crippen LogP contribution >= 0.6 is 0 Å². The quantitative estimate of drug-likeness (QED) is 0.0321. The number of fused-ring (bicyclic) bond motifs is 21. The molecule has 2 heterocycles. The molecule has 0 aromatic heterocycles. The number of carbonyl (C=O) groups excluding carboxylic acids is 10. The van der Waals surface area contributed by atoms with Gasteiger partial charge in [0.05, 0.1) is 12.2 Å². The van der Waals surface area contributed by atoms with E-state index in [0.717, 1.165) is 19.3 Å². The average molecular weight is 1080 g/mol. The molecule has 0 fully saturated rings. The van der Waals surface area contributed by atoms with E-state index in [2.05, 4.69) is 67.0 Å². The van der Waals surface area contributed by atoms with E-state index in [1.165, 1.54) is 26.0 Å². The standard InChI is InChI=1S/C49H85N15O12/c1-5-27(2)8-6-7-9-38(67)57-33(15-21-51)46(73)64-40(29(4)66)49(76)62-35(17-23-53)44(71)61-37-19-25-55-48(75)39(28(3)65)63-47(74)36(18-24-54)60-43(70)34(16-22-52)58-41(68)31-12-10-30(11-13-31)26-56-42(69)32(14-20-50)59-45(37)72/h10-13,27-29,32-37,39-40,65-66H,5-9,14-26,50-54H2,1-4H3,(H,55,75)(H,56,69)(H,57,67)(H,58,68)(H,59,72)(H,60,70)(H,61,71)(H,62,76)(H,63,74)(H,64,73)/t27?,28-,29-,32+,33+,34+,35+,36+,37+,39+,40+/m1/s1. The normalized spacial score (nSPS) is 21.8. The van der Waals surface area contributed by atoms with Gasteiger partial charge in [0.2, 0.25) is 53.2 Å². The van der Waals surface area contributed by atoms with Gasteiger partial charge >= 0.3 is 0 Å². The minimum absolute atomic E-state index is 0.00307. The topological polar surface area (TPSA) is 462 Å². The fourth-order valence-corrected chi connectivity index (χ4v) is 7.87. The molecule has 0 aliphatic carbocycles. The molecule has 10 amide bonds. The van der Waals surface area contributed by atoms with Crippen molar-refractivity contribution < 1.29 is 58.2 Å². The zero-order chi connectivity index (χ0) is 56.9. The van der Waals surface area contributed by atoms with Gasteiger partial charge in [0.25, 0.3) is 5.91 Å². The number of hydrogen-bond donors (Lipinski definition) is 17. The van der Waals surface area contributed by atoms with Crippen LogP contribution in [0.1, 0.15) is 114 Å². The second-order valence-corrected chi connectivity index (χ2v) is 19.0. The number of rotatable bonds is 25. The molecule has 2 bridgehead atoms. The van der Waals surface area contributed by atoms with Crippen molar-refractivity contribution in [3.05, 3.63) is 35.4 Å². The monoisotopic (exact) mass is 1080 g/mol. The number of hydrogen-bond acceptors (Lipinski definition) is 17. The molecule has 0 spiro atoms. The molecular weight excluding hydrogens is 991 g/mol. The lowest BCUT2D eigenvalue weighted by Gasteiger charge is -2.28. The van der Waals surface area contributed by atoms with Crippen molar-refractivity contribution in [2.45, 2.75) is 165 Å². The van der Waals surface area contributed by atoms with Crippen molar-refractivity contribution >= 4 is 59.1 Å². The Labute approximate surface area is 444 Å². The molecule has 11 atom stereocenters. The van der Waals surface area contributed by atoms with Crippen LogP contribution in [0.25, 0.3) is 0 Å². The summed E-state index contributed by atoms with van der Waals surface area (Å²) in [6.07, 6.45) is -0.402. The summed E-state index contributed by atoms with van der Waals surface area (Å²) in [7, 11) is 0. The molecule has 1 aromatic carbocycles. The highest BCUT2D eigenvalue weighted by atomic mass is 16.3. The molecule has 3 rings (SSSR count). The second kappa shape index (κ2) is 35.1. The summed E-state index contributed by atoms with van der Waals surface area (Å²) in [5.74, 6) is -7.66. The van der Waals surface area contributed by atoms with E-state index >= 15 is 0 Å². The number of unbranched alkanes of at least 4 members (excludes halogenated alkanes) is 1. The summed E-state index contributed by atoms with van der Waals surface area (Å²) in [5.41, 5.74) is 29.6. The molecule has 1 unspecified atom stereocenters. The minimum Gasteiger partial charge on any atom is -0.391 e. The van der Waals surface area contributed by atoms with Gasteiger partial charge in [0.1, 0.15) is 48.3 Å². The molecule has 76 heavy (non-hydrogen) atoms. The molecule has 1 aromatic rings. The van der Waals surface area contributed by atoms with E-state index in [4.69, 9.17) is 28.7 Å². The van der Waals surface area contributed by atoms with Gasteiger partial charge in [-0.1, -0.05) is 45.2 Å². The first-order valence-corrected chi connectivity index (χ1v) is 26.1. The van der Waals surface area contributed by atoms with Crippen molar-refractivity contribution in [3.8, 4) is 0 Å². The maximum atomic E-state index is 14.2. The summed E-state index contributed by atoms with van der Waals surface area (Å²) in [6, 6.07) is -5.37. The number of aliphatic hydroxyl groups excluding tert-OH is 2. The van der Waals surface area contributed by atoms with Crippen LogP contribution in [-0.2, 0) is 49.7 Å². The third-order valence-corrected chi connectivity index (χ3v) is 12.7. The molecule has 2 aliphatic heterocycles. The van der Waals surface area contributed by atoms with E-state index in [9.17, 15) is 58.2 Å². The van der Waals surface area contributed by atoms with Crippen molar-refractivity contribution in [3.63, 3.8) is 0 Å². The number of benzene rings is 1. The van der Waals surface area contributed by atoms with Gasteiger partial charge in [0, 0.05) is 25.1 Å². The number of carbonyl (C=O) groups is 10. The highest BCUT2D eigenvalue weighted by Gasteiger charge is 2.36. The van der Waals surface area contributed by atoms with Gasteiger partial charge in [0.15, 0.2) is 0 Å². The lowest BCUT2D eigenvalue weighted by Crippen LogP contribution is -2.61. The maximum absolute atomic E-state index is 14.2. The first-order chi connectivity index (χ1) is 36.1. The Kier molecular flexibility index (Phi) is 30.3. The number of amides is 10. The van der Waals surface area contributed by atoms with Crippen molar-refractivity contribution in [1.82, 2.24) is 53.2 Å². The minimum atomic E-state index is -1.66. The van der Waals surface area contributed by atoms with Crippen LogP contribution in [0.5, 0.6) is 0 Å². The predicted octanol–water partition coefficient (Wildman–Crippen LogP) is -5.57. The van der Waals surface area contributed by atoms with Gasteiger partial charge in [-0.25, -0.2) is 0 Å². The Bertz CT molecular complexity index is 2060. The Hall–Kier alpha value is -6.36. The average Bonchev–Trinajstić information content (AvgIpc) is 3.38. The summed E-state index contributed by atoms with van der Waals surface area (Å²) in [6.45, 7) is 5.74. The van der Waals surface area contributed by atoms with Crippen LogP contribution < -0.4 is 81.8 Å². The molecule has 27 nitrogen and oxygen atoms in total. The molecule has 428 valence electrons. The summed E-state index contributed by atoms with van der Waals surface area (Å²) < 4.78 is 0. The third kappa shape index (κ3) is 22.9. The lowest BCUT2D eigenvalue weighted by molar-refractivity contribution is -0.136. The molecule has 22 N–H and O–H groups in total. The zero-order valence-corrected chi connectivity index (χ0v) is 44.3. The van der Waals surface area contributed by atoms with E-state index in [1.807, 2.05) is 0 Å². The van der Waals surface area contributed by atoms with Crippen LogP contribution in [0.2, 0.25) is 0 Å². The van der Waals surface area contributed by atoms with Gasteiger partial charge in [-0.2, -0.15) is 0 Å². The van der Waals surface area contributed by atoms with Crippen molar-refractivity contribution in [1.29, 1.82) is 0 Å². The third-order valence-electron chi connectivity index (χ3n) is 12.7. The van der Waals surface area contributed by atoms with Crippen molar-refractivity contribution in [2.24, 2.45) is 34.6 Å². The molecule has 0 radical (unpaired) electrons. The van der Waals surface area contributed by atoms with Gasteiger partial charge in [-0.3, -0.25) is 47.9 Å². The van der Waals surface area contributed by atoms with E-state index in [1.54, 1.807) is 12.1 Å². The molecule has 27 heteroatoms. The SMILES string of the molecule is CCC(C)CCCCC(=O)N[C@@H](CCN)C(=O)N[C@H](C(=O)N[C@@H](CCN)C(=O)N[C@H]1CCNC(=O)[C@H]([C@@H](C)O)NC(=O)[C@H](CCN)NC(=O)[C@H](CCN)NC(=O)c2ccc(cc2)CNC(=O)[C@H](CCN)NC1=O)[C@@H](C)O. The molecular formula is C49H85N15O12. The Morgan fingerprint density at radius 3 is 1.72 bits per heavy atom. The van der Waals surface area contributed by atoms with Gasteiger partial charge in [-0.05, 0) is 115 Å². The first-order valence-electron chi connectivity index (χ1n) is 26.1. The van der Waals surface area contributed by atoms with Crippen molar-refractivity contribution in [2.75, 3.05) is 39.3 Å². The van der Waals surface area contributed by atoms with Crippen LogP contribution in [0, 0.1) is 5.92 Å². The molecule has 2 aliphatic rings. The van der Waals surface area contributed by atoms with E-state index in [0.29, 0.717) is 17.9 Å². The first kappa shape index (κ1) is 65.8. The number of nitrogens with one attached hydrogen (secondary N) is 10. The lowest BCUT2D eigenvalue weighted by atomic mass is 10.0. The fourth-order valence-electron chi connectivity index (χ4n) is 7.87. The van der Waals surface area contributed by atoms with Crippen LogP contribution in [0.15, 0.2) is 24.3 Å².